The molecule has 0 saturated heterocycles. The first-order valence-electron chi connectivity index (χ1n) is 7.53. The molecule has 0 aliphatic heterocycles. The average Bonchev–Trinajstić information content (AvgIpc) is 3.00. The minimum Gasteiger partial charge on any atom is -0.357 e. The molecule has 2 aromatic carbocycles. The number of rotatable bonds is 4. The van der Waals surface area contributed by atoms with Crippen LogP contribution in [0.25, 0.3) is 22.4 Å². The van der Waals surface area contributed by atoms with Crippen molar-refractivity contribution >= 4 is 21.4 Å². The van der Waals surface area contributed by atoms with E-state index in [1.807, 2.05) is 6.92 Å². The van der Waals surface area contributed by atoms with E-state index in [1.165, 1.54) is 6.07 Å². The first-order chi connectivity index (χ1) is 12.2. The summed E-state index contributed by atoms with van der Waals surface area (Å²) in [7, 11) is -3.71. The number of aryl methyl sites for hydroxylation is 1. The molecule has 0 aliphatic carbocycles. The third-order valence-corrected chi connectivity index (χ3v) is 5.49. The van der Waals surface area contributed by atoms with E-state index >= 15 is 0 Å². The number of aromatic nitrogens is 1. The summed E-state index contributed by atoms with van der Waals surface area (Å²) in [6.07, 6.45) is 0.916. The molecule has 26 heavy (non-hydrogen) atoms. The van der Waals surface area contributed by atoms with Gasteiger partial charge in [-0.05, 0) is 42.3 Å². The number of hydrogen-bond donors (Lipinski definition) is 0. The van der Waals surface area contributed by atoms with Gasteiger partial charge in [0.1, 0.15) is 16.4 Å². The van der Waals surface area contributed by atoms with E-state index in [-0.39, 0.29) is 16.9 Å². The molecule has 0 unspecified atom stereocenters. The summed E-state index contributed by atoms with van der Waals surface area (Å²) in [5, 5.41) is 4.47. The Morgan fingerprint density at radius 2 is 1.85 bits per heavy atom. The number of sulfone groups is 1. The van der Waals surface area contributed by atoms with Crippen molar-refractivity contribution in [3.05, 3.63) is 58.6 Å². The third-order valence-electron chi connectivity index (χ3n) is 3.94. The van der Waals surface area contributed by atoms with Crippen molar-refractivity contribution in [2.75, 3.05) is 6.26 Å². The molecule has 4 nitrogen and oxygen atoms in total. The molecule has 0 aliphatic rings. The standard InChI is InChI=1S/C18H14ClF2NO3S/c1-10-7-12(3-5-13(10)19)18-17(15(9-20)25-22-18)11-4-6-16(14(21)8-11)26(2,23)24/h3-8H,9H2,1-2H3. The van der Waals surface area contributed by atoms with Crippen LogP contribution in [0.1, 0.15) is 11.3 Å². The van der Waals surface area contributed by atoms with Crippen LogP contribution in [0.3, 0.4) is 0 Å². The first-order valence-corrected chi connectivity index (χ1v) is 9.80. The van der Waals surface area contributed by atoms with Crippen LogP contribution in [0.5, 0.6) is 0 Å². The number of nitrogens with zero attached hydrogens (tertiary/aromatic N) is 1. The number of alkyl halides is 1. The summed E-state index contributed by atoms with van der Waals surface area (Å²) in [6.45, 7) is 0.868. The highest BCUT2D eigenvalue weighted by Gasteiger charge is 2.22. The minimum absolute atomic E-state index is 0.0703. The molecule has 8 heteroatoms. The van der Waals surface area contributed by atoms with E-state index in [9.17, 15) is 17.2 Å². The van der Waals surface area contributed by atoms with Gasteiger partial charge in [0, 0.05) is 16.8 Å². The number of hydrogen-bond acceptors (Lipinski definition) is 4. The summed E-state index contributed by atoms with van der Waals surface area (Å²) in [6, 6.07) is 8.71. The fraction of sp³-hybridized carbons (Fsp3) is 0.167. The van der Waals surface area contributed by atoms with Crippen molar-refractivity contribution in [1.29, 1.82) is 0 Å². The molecular weight excluding hydrogens is 384 g/mol. The zero-order valence-corrected chi connectivity index (χ0v) is 15.5. The predicted octanol–water partition coefficient (Wildman–Crippen LogP) is 4.98. The molecular formula is C18H14ClF2NO3S. The van der Waals surface area contributed by atoms with Crippen LogP contribution in [0.15, 0.2) is 45.8 Å². The Hall–Kier alpha value is -2.25. The van der Waals surface area contributed by atoms with E-state index in [0.29, 0.717) is 16.3 Å². The highest BCUT2D eigenvalue weighted by molar-refractivity contribution is 7.90. The lowest BCUT2D eigenvalue weighted by Crippen LogP contribution is -2.01. The van der Waals surface area contributed by atoms with Crippen LogP contribution in [0, 0.1) is 12.7 Å². The van der Waals surface area contributed by atoms with Gasteiger partial charge >= 0.3 is 0 Å². The Morgan fingerprint density at radius 3 is 2.42 bits per heavy atom. The zero-order valence-electron chi connectivity index (χ0n) is 13.9. The lowest BCUT2D eigenvalue weighted by Gasteiger charge is -2.07. The third kappa shape index (κ3) is 3.37. The Balaban J connectivity index is 2.20. The summed E-state index contributed by atoms with van der Waals surface area (Å²) in [5.41, 5.74) is 2.28. The lowest BCUT2D eigenvalue weighted by molar-refractivity contribution is 0.332. The maximum atomic E-state index is 14.3. The molecule has 0 N–H and O–H groups in total. The van der Waals surface area contributed by atoms with Crippen LogP contribution in [0.2, 0.25) is 5.02 Å². The van der Waals surface area contributed by atoms with Gasteiger partial charge in [-0.2, -0.15) is 0 Å². The molecule has 0 amide bonds. The van der Waals surface area contributed by atoms with Gasteiger partial charge < -0.3 is 4.52 Å². The molecule has 3 rings (SSSR count). The van der Waals surface area contributed by atoms with Crippen LogP contribution in [-0.2, 0) is 16.5 Å². The van der Waals surface area contributed by atoms with Gasteiger partial charge in [0.25, 0.3) is 0 Å². The van der Waals surface area contributed by atoms with Gasteiger partial charge in [-0.1, -0.05) is 28.9 Å². The largest absolute Gasteiger partial charge is 0.357 e. The van der Waals surface area contributed by atoms with Crippen LogP contribution in [-0.4, -0.2) is 19.8 Å². The molecule has 0 atom stereocenters. The van der Waals surface area contributed by atoms with Gasteiger partial charge in [0.15, 0.2) is 22.3 Å². The van der Waals surface area contributed by atoms with Crippen LogP contribution in [0.4, 0.5) is 8.78 Å². The van der Waals surface area contributed by atoms with Crippen molar-refractivity contribution < 1.29 is 21.7 Å². The second-order valence-corrected chi connectivity index (χ2v) is 8.24. The Kier molecular flexibility index (Phi) is 4.86. The summed E-state index contributed by atoms with van der Waals surface area (Å²) in [5.74, 6) is -0.992. The van der Waals surface area contributed by atoms with Crippen molar-refractivity contribution in [3.63, 3.8) is 0 Å². The van der Waals surface area contributed by atoms with Gasteiger partial charge in [0.05, 0.1) is 5.56 Å². The predicted molar refractivity (Wildman–Crippen MR) is 95.0 cm³/mol. The first kappa shape index (κ1) is 18.5. The highest BCUT2D eigenvalue weighted by Crippen LogP contribution is 2.37. The Labute approximate surface area is 154 Å². The van der Waals surface area contributed by atoms with Crippen molar-refractivity contribution in [3.8, 4) is 22.4 Å². The normalized spacial score (nSPS) is 11.7. The second kappa shape index (κ2) is 6.81. The van der Waals surface area contributed by atoms with E-state index in [1.54, 1.807) is 18.2 Å². The monoisotopic (exact) mass is 397 g/mol. The smallest absolute Gasteiger partial charge is 0.178 e. The molecule has 1 aromatic heterocycles. The number of halogens is 3. The van der Waals surface area contributed by atoms with E-state index in [0.717, 1.165) is 24.0 Å². The maximum Gasteiger partial charge on any atom is 0.178 e. The van der Waals surface area contributed by atoms with Gasteiger partial charge in [0.2, 0.25) is 0 Å². The topological polar surface area (TPSA) is 60.2 Å². The molecule has 0 saturated carbocycles. The SMILES string of the molecule is Cc1cc(-c2noc(CF)c2-c2ccc(S(C)(=O)=O)c(F)c2)ccc1Cl. The van der Waals surface area contributed by atoms with Crippen LogP contribution < -0.4 is 0 Å². The molecule has 0 spiro atoms. The molecule has 136 valence electrons. The fourth-order valence-electron chi connectivity index (χ4n) is 2.66. The molecule has 0 radical (unpaired) electrons. The Bertz CT molecular complexity index is 1090. The molecule has 1 heterocycles. The number of benzene rings is 2. The molecule has 0 fully saturated rings. The lowest BCUT2D eigenvalue weighted by atomic mass is 9.98. The van der Waals surface area contributed by atoms with Gasteiger partial charge in [-0.3, -0.25) is 0 Å². The minimum atomic E-state index is -3.71. The maximum absolute atomic E-state index is 14.3. The zero-order chi connectivity index (χ0) is 19.1. The quantitative estimate of drug-likeness (QED) is 0.622. The molecule has 0 bridgehead atoms. The molecule has 3 aromatic rings. The Morgan fingerprint density at radius 1 is 1.15 bits per heavy atom. The van der Waals surface area contributed by atoms with Gasteiger partial charge in [-0.15, -0.1) is 0 Å². The van der Waals surface area contributed by atoms with Gasteiger partial charge in [-0.25, -0.2) is 17.2 Å². The fourth-order valence-corrected chi connectivity index (χ4v) is 3.51. The summed E-state index contributed by atoms with van der Waals surface area (Å²) >= 11 is 6.03. The van der Waals surface area contributed by atoms with Crippen molar-refractivity contribution in [2.45, 2.75) is 18.5 Å². The average molecular weight is 398 g/mol. The van der Waals surface area contributed by atoms with E-state index in [4.69, 9.17) is 16.1 Å². The summed E-state index contributed by atoms with van der Waals surface area (Å²) in [4.78, 5) is -0.427. The van der Waals surface area contributed by atoms with E-state index in [2.05, 4.69) is 5.16 Å². The highest BCUT2D eigenvalue weighted by atomic mass is 35.5. The van der Waals surface area contributed by atoms with Crippen molar-refractivity contribution in [2.24, 2.45) is 0 Å². The van der Waals surface area contributed by atoms with Crippen molar-refractivity contribution in [1.82, 2.24) is 5.16 Å². The second-order valence-electron chi connectivity index (χ2n) is 5.84. The van der Waals surface area contributed by atoms with Crippen LogP contribution >= 0.6 is 11.6 Å². The summed E-state index contributed by atoms with van der Waals surface area (Å²) < 4.78 is 55.9. The van der Waals surface area contributed by atoms with E-state index < -0.39 is 27.2 Å².